The van der Waals surface area contributed by atoms with Gasteiger partial charge in [-0.3, -0.25) is 4.79 Å². The lowest BCUT2D eigenvalue weighted by molar-refractivity contribution is -0.136. The number of hydrogen-bond donors (Lipinski definition) is 2. The van der Waals surface area contributed by atoms with Crippen molar-refractivity contribution in [2.45, 2.75) is 18.2 Å². The number of nitrogen functional groups attached to an aromatic ring is 1. The molecule has 6 heteroatoms. The van der Waals surface area contributed by atoms with Gasteiger partial charge in [0, 0.05) is 6.07 Å². The fourth-order valence-corrected chi connectivity index (χ4v) is 0.676. The van der Waals surface area contributed by atoms with Crippen molar-refractivity contribution < 1.29 is 18.7 Å². The molecule has 1 rings (SSSR count). The van der Waals surface area contributed by atoms with Crippen molar-refractivity contribution in [3.8, 4) is 0 Å². The molecular weight excluding hydrogens is 284 g/mol. The molecule has 0 radical (unpaired) electrons. The molecule has 3 N–H and O–H groups in total. The van der Waals surface area contributed by atoms with E-state index in [1.165, 1.54) is 6.07 Å². The highest BCUT2D eigenvalue weighted by Crippen LogP contribution is 2.09. The summed E-state index contributed by atoms with van der Waals surface area (Å²) in [7, 11) is 0. The van der Waals surface area contributed by atoms with Gasteiger partial charge in [0.15, 0.2) is 0 Å². The standard InChI is InChI=1S/C6H5F2N.C4H7BrO2/c7-4-1-2-6(9)5(8)3-4;1-2-3(5)4(6)7/h1-3H,9H2;3H,2H2,1H3,(H,6,7). The number of carboxylic acid groups (broad SMARTS) is 1. The zero-order chi connectivity index (χ0) is 12.7. The highest BCUT2D eigenvalue weighted by Gasteiger charge is 2.07. The van der Waals surface area contributed by atoms with Crippen LogP contribution in [0.25, 0.3) is 0 Å². The van der Waals surface area contributed by atoms with Gasteiger partial charge < -0.3 is 10.8 Å². The second-order valence-electron chi connectivity index (χ2n) is 2.88. The molecule has 0 saturated heterocycles. The van der Waals surface area contributed by atoms with E-state index in [-0.39, 0.29) is 10.5 Å². The summed E-state index contributed by atoms with van der Waals surface area (Å²) in [5.41, 5.74) is 5.02. The van der Waals surface area contributed by atoms with Crippen LogP contribution in [0.4, 0.5) is 14.5 Å². The van der Waals surface area contributed by atoms with E-state index in [4.69, 9.17) is 10.8 Å². The summed E-state index contributed by atoms with van der Waals surface area (Å²) in [5.74, 6) is -2.11. The van der Waals surface area contributed by atoms with Gasteiger partial charge in [0.25, 0.3) is 0 Å². The lowest BCUT2D eigenvalue weighted by atomic mass is 10.3. The molecule has 16 heavy (non-hydrogen) atoms. The Morgan fingerprint density at radius 3 is 2.38 bits per heavy atom. The zero-order valence-corrected chi connectivity index (χ0v) is 10.2. The summed E-state index contributed by atoms with van der Waals surface area (Å²) in [4.78, 5) is 9.52. The van der Waals surface area contributed by atoms with Crippen molar-refractivity contribution in [2.24, 2.45) is 0 Å². The molecular formula is C10H12BrF2NO2. The van der Waals surface area contributed by atoms with Gasteiger partial charge in [-0.25, -0.2) is 8.78 Å². The zero-order valence-electron chi connectivity index (χ0n) is 8.58. The van der Waals surface area contributed by atoms with Crippen molar-refractivity contribution in [3.05, 3.63) is 29.8 Å². The molecule has 0 aliphatic heterocycles. The fourth-order valence-electron chi connectivity index (χ4n) is 0.676. The van der Waals surface area contributed by atoms with Crippen LogP contribution in [0.1, 0.15) is 13.3 Å². The first kappa shape index (κ1) is 14.8. The number of hydrogen-bond acceptors (Lipinski definition) is 2. The van der Waals surface area contributed by atoms with Crippen molar-refractivity contribution in [1.29, 1.82) is 0 Å². The molecule has 0 aliphatic carbocycles. The molecule has 1 unspecified atom stereocenters. The van der Waals surface area contributed by atoms with Crippen LogP contribution >= 0.6 is 15.9 Å². The number of carbonyl (C=O) groups is 1. The largest absolute Gasteiger partial charge is 0.480 e. The van der Waals surface area contributed by atoms with Crippen LogP contribution in [-0.4, -0.2) is 15.9 Å². The SMILES string of the molecule is CCC(Br)C(=O)O.Nc1ccc(F)cc1F. The van der Waals surface area contributed by atoms with Gasteiger partial charge >= 0.3 is 5.97 Å². The molecule has 0 aromatic heterocycles. The molecule has 0 heterocycles. The summed E-state index contributed by atoms with van der Waals surface area (Å²) in [6.07, 6.45) is 0.634. The summed E-state index contributed by atoms with van der Waals surface area (Å²) < 4.78 is 24.3. The van der Waals surface area contributed by atoms with Crippen LogP contribution < -0.4 is 5.73 Å². The number of nitrogens with two attached hydrogens (primary N) is 1. The number of anilines is 1. The molecule has 0 saturated carbocycles. The van der Waals surface area contributed by atoms with Crippen molar-refractivity contribution in [1.82, 2.24) is 0 Å². The average Bonchev–Trinajstić information content (AvgIpc) is 2.23. The number of halogens is 3. The quantitative estimate of drug-likeness (QED) is 0.651. The smallest absolute Gasteiger partial charge is 0.317 e. The maximum Gasteiger partial charge on any atom is 0.317 e. The number of rotatable bonds is 2. The highest BCUT2D eigenvalue weighted by atomic mass is 79.9. The van der Waals surface area contributed by atoms with Crippen molar-refractivity contribution in [3.63, 3.8) is 0 Å². The Hall–Kier alpha value is -1.17. The monoisotopic (exact) mass is 295 g/mol. The maximum absolute atomic E-state index is 12.2. The van der Waals surface area contributed by atoms with E-state index in [9.17, 15) is 13.6 Å². The number of carboxylic acids is 1. The van der Waals surface area contributed by atoms with E-state index in [1.807, 2.05) is 6.92 Å². The van der Waals surface area contributed by atoms with E-state index < -0.39 is 17.6 Å². The Balaban J connectivity index is 0.000000293. The predicted octanol–water partition coefficient (Wildman–Crippen LogP) is 2.79. The second-order valence-corrected chi connectivity index (χ2v) is 3.99. The van der Waals surface area contributed by atoms with Crippen LogP contribution in [0, 0.1) is 11.6 Å². The summed E-state index contributed by atoms with van der Waals surface area (Å²) in [6, 6.07) is 3.04. The first-order valence-corrected chi connectivity index (χ1v) is 5.37. The summed E-state index contributed by atoms with van der Waals surface area (Å²) in [5, 5.41) is 8.14. The fraction of sp³-hybridized carbons (Fsp3) is 0.300. The first-order chi connectivity index (χ1) is 7.38. The Kier molecular flexibility index (Phi) is 6.64. The van der Waals surface area contributed by atoms with Gasteiger partial charge in [-0.1, -0.05) is 22.9 Å². The van der Waals surface area contributed by atoms with Gasteiger partial charge in [0.1, 0.15) is 16.5 Å². The molecule has 90 valence electrons. The third-order valence-electron chi connectivity index (χ3n) is 1.59. The van der Waals surface area contributed by atoms with E-state index in [2.05, 4.69) is 15.9 Å². The van der Waals surface area contributed by atoms with Crippen molar-refractivity contribution in [2.75, 3.05) is 5.73 Å². The Morgan fingerprint density at radius 2 is 2.12 bits per heavy atom. The molecule has 0 aliphatic rings. The molecule has 0 amide bonds. The lowest BCUT2D eigenvalue weighted by Crippen LogP contribution is -2.09. The molecule has 0 spiro atoms. The third kappa shape index (κ3) is 5.65. The number of benzene rings is 1. The number of aliphatic carboxylic acids is 1. The second kappa shape index (κ2) is 7.16. The average molecular weight is 296 g/mol. The third-order valence-corrected chi connectivity index (χ3v) is 2.63. The minimum atomic E-state index is -0.789. The minimum absolute atomic E-state index is 0.0311. The number of alkyl halides is 1. The molecule has 3 nitrogen and oxygen atoms in total. The topological polar surface area (TPSA) is 63.3 Å². The Bertz CT molecular complexity index is 361. The van der Waals surface area contributed by atoms with Crippen LogP contribution in [-0.2, 0) is 4.79 Å². The van der Waals surface area contributed by atoms with Crippen molar-refractivity contribution >= 4 is 27.6 Å². The van der Waals surface area contributed by atoms with Gasteiger partial charge in [-0.2, -0.15) is 0 Å². The van der Waals surface area contributed by atoms with Gasteiger partial charge in [0.2, 0.25) is 0 Å². The van der Waals surface area contributed by atoms with E-state index in [1.54, 1.807) is 0 Å². The maximum atomic E-state index is 12.2. The van der Waals surface area contributed by atoms with Gasteiger partial charge in [0.05, 0.1) is 5.69 Å². The molecule has 1 atom stereocenters. The summed E-state index contributed by atoms with van der Waals surface area (Å²) in [6.45, 7) is 1.81. The normalized spacial score (nSPS) is 11.2. The van der Waals surface area contributed by atoms with E-state index in [0.717, 1.165) is 12.1 Å². The predicted molar refractivity (Wildman–Crippen MR) is 61.4 cm³/mol. The van der Waals surface area contributed by atoms with Crippen LogP contribution in [0.3, 0.4) is 0 Å². The molecule has 1 aromatic carbocycles. The minimum Gasteiger partial charge on any atom is -0.480 e. The first-order valence-electron chi connectivity index (χ1n) is 4.45. The Labute approximate surface area is 100 Å². The van der Waals surface area contributed by atoms with Crippen LogP contribution in [0.2, 0.25) is 0 Å². The highest BCUT2D eigenvalue weighted by molar-refractivity contribution is 9.10. The molecule has 1 aromatic rings. The Morgan fingerprint density at radius 1 is 1.56 bits per heavy atom. The van der Waals surface area contributed by atoms with Gasteiger partial charge in [-0.05, 0) is 18.6 Å². The van der Waals surface area contributed by atoms with E-state index in [0.29, 0.717) is 6.42 Å². The van der Waals surface area contributed by atoms with E-state index >= 15 is 0 Å². The van der Waals surface area contributed by atoms with Gasteiger partial charge in [-0.15, -0.1) is 0 Å². The molecule has 0 bridgehead atoms. The van der Waals surface area contributed by atoms with Crippen LogP contribution in [0.15, 0.2) is 18.2 Å². The molecule has 0 fully saturated rings. The summed E-state index contributed by atoms with van der Waals surface area (Å²) >= 11 is 2.94. The lowest BCUT2D eigenvalue weighted by Gasteiger charge is -1.94. The van der Waals surface area contributed by atoms with Crippen LogP contribution in [0.5, 0.6) is 0 Å².